The highest BCUT2D eigenvalue weighted by Gasteiger charge is 2.24. The number of non-ortho nitro benzene ring substituents is 1. The van der Waals surface area contributed by atoms with E-state index in [1.807, 2.05) is 18.2 Å². The first-order chi connectivity index (χ1) is 15.0. The first-order valence-corrected chi connectivity index (χ1v) is 9.91. The number of benzene rings is 3. The number of hydrogen-bond donors (Lipinski definition) is 1. The Morgan fingerprint density at radius 1 is 1.23 bits per heavy atom. The van der Waals surface area contributed by atoms with E-state index in [9.17, 15) is 20.0 Å². The van der Waals surface area contributed by atoms with Gasteiger partial charge < -0.3 is 9.84 Å². The van der Waals surface area contributed by atoms with Crippen LogP contribution in [0.1, 0.15) is 16.7 Å². The van der Waals surface area contributed by atoms with Crippen LogP contribution in [0.5, 0.6) is 5.75 Å². The molecule has 7 heteroatoms. The van der Waals surface area contributed by atoms with Crippen LogP contribution in [-0.4, -0.2) is 27.6 Å². The number of aliphatic carboxylic acids is 1. The van der Waals surface area contributed by atoms with Gasteiger partial charge in [-0.05, 0) is 58.8 Å². The van der Waals surface area contributed by atoms with Crippen LogP contribution < -0.4 is 4.74 Å². The number of fused-ring (bicyclic) bond motifs is 1. The zero-order valence-electron chi connectivity index (χ0n) is 16.7. The summed E-state index contributed by atoms with van der Waals surface area (Å²) in [6.07, 6.45) is 2.31. The number of nitrogens with zero attached hydrogens (tertiary/aromatic N) is 2. The number of carboxylic acid groups (broad SMARTS) is 1. The number of ether oxygens (including phenoxy) is 1. The zero-order valence-corrected chi connectivity index (χ0v) is 16.7. The highest BCUT2D eigenvalue weighted by atomic mass is 16.6. The summed E-state index contributed by atoms with van der Waals surface area (Å²) in [6, 6.07) is 12.3. The minimum atomic E-state index is -0.965. The van der Waals surface area contributed by atoms with E-state index >= 15 is 0 Å². The average Bonchev–Trinajstić information content (AvgIpc) is 2.75. The van der Waals surface area contributed by atoms with Crippen LogP contribution in [0.2, 0.25) is 0 Å². The number of carboxylic acids is 1. The van der Waals surface area contributed by atoms with Gasteiger partial charge in [-0.15, -0.1) is 0 Å². The fraction of sp³-hybridized carbons (Fsp3) is 0.167. The predicted molar refractivity (Wildman–Crippen MR) is 117 cm³/mol. The van der Waals surface area contributed by atoms with Crippen molar-refractivity contribution >= 4 is 33.3 Å². The van der Waals surface area contributed by atoms with E-state index in [1.54, 1.807) is 31.3 Å². The summed E-state index contributed by atoms with van der Waals surface area (Å²) in [4.78, 5) is 27.6. The highest BCUT2D eigenvalue weighted by Crippen LogP contribution is 2.43. The lowest BCUT2D eigenvalue weighted by atomic mass is 9.86. The van der Waals surface area contributed by atoms with Crippen LogP contribution >= 0.6 is 0 Å². The molecule has 0 amide bonds. The maximum absolute atomic E-state index is 11.7. The van der Waals surface area contributed by atoms with Gasteiger partial charge in [0.15, 0.2) is 0 Å². The van der Waals surface area contributed by atoms with E-state index < -0.39 is 10.9 Å². The number of aromatic nitrogens is 1. The molecule has 2 heterocycles. The Morgan fingerprint density at radius 2 is 2.06 bits per heavy atom. The smallest absolute Gasteiger partial charge is 0.307 e. The number of pyridine rings is 1. The molecule has 0 atom stereocenters. The van der Waals surface area contributed by atoms with Gasteiger partial charge in [0.1, 0.15) is 5.75 Å². The fourth-order valence-electron chi connectivity index (χ4n) is 4.54. The summed E-state index contributed by atoms with van der Waals surface area (Å²) in [7, 11) is 0. The molecule has 0 saturated heterocycles. The standard InChI is InChI=1S/C24H18N2O5/c1-13-11-18-15(3-2-4-19(18)26(29)30)23(17(13)12-21(27)28)16-5-6-20-22-14(8-10-31-20)7-9-25-24(16)22/h2-7,9,11H,8,10,12H2,1H3,(H,27,28). The molecule has 0 spiro atoms. The van der Waals surface area contributed by atoms with Crippen molar-refractivity contribution in [3.63, 3.8) is 0 Å². The first kappa shape index (κ1) is 19.0. The Bertz CT molecular complexity index is 1400. The number of carbonyl (C=O) groups is 1. The lowest BCUT2D eigenvalue weighted by molar-refractivity contribution is -0.383. The van der Waals surface area contributed by atoms with Crippen molar-refractivity contribution in [1.82, 2.24) is 4.98 Å². The summed E-state index contributed by atoms with van der Waals surface area (Å²) in [5, 5.41) is 23.3. The minimum absolute atomic E-state index is 0.0113. The van der Waals surface area contributed by atoms with E-state index in [0.717, 1.165) is 28.7 Å². The van der Waals surface area contributed by atoms with E-state index in [1.165, 1.54) is 6.07 Å². The third-order valence-electron chi connectivity index (χ3n) is 5.85. The molecule has 0 saturated carbocycles. The van der Waals surface area contributed by atoms with Crippen molar-refractivity contribution in [3.05, 3.63) is 75.5 Å². The molecule has 1 aliphatic rings. The summed E-state index contributed by atoms with van der Waals surface area (Å²) in [5.41, 5.74) is 4.55. The lowest BCUT2D eigenvalue weighted by Crippen LogP contribution is -2.10. The normalized spacial score (nSPS) is 12.7. The molecule has 1 aromatic heterocycles. The van der Waals surface area contributed by atoms with Gasteiger partial charge in [-0.1, -0.05) is 12.1 Å². The second kappa shape index (κ2) is 7.05. The van der Waals surface area contributed by atoms with Gasteiger partial charge in [-0.2, -0.15) is 0 Å². The number of hydrogen-bond acceptors (Lipinski definition) is 5. The van der Waals surface area contributed by atoms with Crippen LogP contribution in [0.25, 0.3) is 32.8 Å². The predicted octanol–water partition coefficient (Wildman–Crippen LogP) is 4.83. The van der Waals surface area contributed by atoms with Crippen molar-refractivity contribution < 1.29 is 19.6 Å². The van der Waals surface area contributed by atoms with Gasteiger partial charge in [0.05, 0.1) is 28.9 Å². The fourth-order valence-corrected chi connectivity index (χ4v) is 4.54. The molecule has 7 nitrogen and oxygen atoms in total. The maximum Gasteiger partial charge on any atom is 0.307 e. The maximum atomic E-state index is 11.7. The second-order valence-electron chi connectivity index (χ2n) is 7.65. The molecule has 1 N–H and O–H groups in total. The van der Waals surface area contributed by atoms with Crippen LogP contribution in [-0.2, 0) is 17.6 Å². The largest absolute Gasteiger partial charge is 0.493 e. The summed E-state index contributed by atoms with van der Waals surface area (Å²) < 4.78 is 5.82. The third kappa shape index (κ3) is 2.97. The van der Waals surface area contributed by atoms with Gasteiger partial charge in [0.25, 0.3) is 5.69 Å². The van der Waals surface area contributed by atoms with E-state index in [-0.39, 0.29) is 12.1 Å². The molecule has 0 fully saturated rings. The zero-order chi connectivity index (χ0) is 21.7. The molecule has 31 heavy (non-hydrogen) atoms. The Balaban J connectivity index is 1.95. The van der Waals surface area contributed by atoms with Gasteiger partial charge in [-0.25, -0.2) is 0 Å². The van der Waals surface area contributed by atoms with Crippen LogP contribution in [0.4, 0.5) is 5.69 Å². The van der Waals surface area contributed by atoms with Crippen molar-refractivity contribution in [3.8, 4) is 16.9 Å². The molecular weight excluding hydrogens is 396 g/mol. The Kier molecular flexibility index (Phi) is 4.32. The number of aryl methyl sites for hydroxylation is 1. The van der Waals surface area contributed by atoms with Gasteiger partial charge in [0, 0.05) is 29.6 Å². The van der Waals surface area contributed by atoms with E-state index in [0.29, 0.717) is 39.6 Å². The second-order valence-corrected chi connectivity index (χ2v) is 7.65. The van der Waals surface area contributed by atoms with Crippen molar-refractivity contribution in [2.45, 2.75) is 19.8 Å². The van der Waals surface area contributed by atoms with E-state index in [2.05, 4.69) is 4.98 Å². The summed E-state index contributed by atoms with van der Waals surface area (Å²) in [5.74, 6) is -0.219. The molecule has 0 unspecified atom stereocenters. The molecular formula is C24H18N2O5. The lowest BCUT2D eigenvalue weighted by Gasteiger charge is -2.21. The molecule has 5 rings (SSSR count). The Labute approximate surface area is 177 Å². The summed E-state index contributed by atoms with van der Waals surface area (Å²) >= 11 is 0. The monoisotopic (exact) mass is 414 g/mol. The number of nitro groups is 1. The van der Waals surface area contributed by atoms with Gasteiger partial charge in [-0.3, -0.25) is 19.9 Å². The summed E-state index contributed by atoms with van der Waals surface area (Å²) in [6.45, 7) is 2.38. The topological polar surface area (TPSA) is 103 Å². The minimum Gasteiger partial charge on any atom is -0.493 e. The van der Waals surface area contributed by atoms with Crippen LogP contribution in [0.3, 0.4) is 0 Å². The van der Waals surface area contributed by atoms with Crippen LogP contribution in [0, 0.1) is 17.0 Å². The quantitative estimate of drug-likeness (QED) is 0.379. The Hall–Kier alpha value is -4.00. The Morgan fingerprint density at radius 3 is 2.84 bits per heavy atom. The molecule has 0 bridgehead atoms. The molecule has 1 aliphatic heterocycles. The van der Waals surface area contributed by atoms with E-state index in [4.69, 9.17) is 4.74 Å². The van der Waals surface area contributed by atoms with Gasteiger partial charge >= 0.3 is 5.97 Å². The molecule has 0 aliphatic carbocycles. The average molecular weight is 414 g/mol. The molecule has 3 aromatic carbocycles. The number of rotatable bonds is 4. The van der Waals surface area contributed by atoms with Crippen molar-refractivity contribution in [2.75, 3.05) is 6.61 Å². The SMILES string of the molecule is Cc1cc2c([N+](=O)[O-])cccc2c(-c2ccc3c4c(ccnc24)CCO3)c1CC(=O)O. The molecule has 4 aromatic rings. The van der Waals surface area contributed by atoms with Crippen molar-refractivity contribution in [2.24, 2.45) is 0 Å². The highest BCUT2D eigenvalue weighted by molar-refractivity contribution is 6.10. The molecule has 0 radical (unpaired) electrons. The third-order valence-corrected chi connectivity index (χ3v) is 5.85. The van der Waals surface area contributed by atoms with Crippen LogP contribution in [0.15, 0.2) is 48.7 Å². The number of nitro benzene ring substituents is 1. The first-order valence-electron chi connectivity index (χ1n) is 9.91. The molecule has 154 valence electrons. The van der Waals surface area contributed by atoms with Gasteiger partial charge in [0.2, 0.25) is 0 Å². The van der Waals surface area contributed by atoms with Crippen molar-refractivity contribution in [1.29, 1.82) is 0 Å².